The number of nitrogens with two attached hydrogens (primary N) is 2. The molecule has 0 saturated carbocycles. The van der Waals surface area contributed by atoms with Crippen LogP contribution in [-0.2, 0) is 4.79 Å². The van der Waals surface area contributed by atoms with Crippen molar-refractivity contribution in [3.63, 3.8) is 0 Å². The molecule has 0 bridgehead atoms. The van der Waals surface area contributed by atoms with Gasteiger partial charge in [0.2, 0.25) is 5.91 Å². The summed E-state index contributed by atoms with van der Waals surface area (Å²) in [7, 11) is 0. The Bertz CT molecular complexity index is 437. The Labute approximate surface area is 93.6 Å². The number of primary amides is 1. The number of carbonyl (C=O) groups excluding carboxylic acids is 1. The van der Waals surface area contributed by atoms with Gasteiger partial charge in [0, 0.05) is 0 Å². The zero-order valence-electron chi connectivity index (χ0n) is 8.93. The van der Waals surface area contributed by atoms with Crippen LogP contribution in [0.25, 0.3) is 0 Å². The Morgan fingerprint density at radius 1 is 1.62 bits per heavy atom. The van der Waals surface area contributed by atoms with E-state index in [1.54, 1.807) is 18.2 Å². The Morgan fingerprint density at radius 2 is 2.31 bits per heavy atom. The van der Waals surface area contributed by atoms with Crippen LogP contribution in [0.15, 0.2) is 18.2 Å². The number of hydrogen-bond acceptors (Lipinski definition) is 4. The summed E-state index contributed by atoms with van der Waals surface area (Å²) in [6.07, 6.45) is 0. The third kappa shape index (κ3) is 2.97. The number of benzene rings is 1. The van der Waals surface area contributed by atoms with Crippen LogP contribution in [-0.4, -0.2) is 18.6 Å². The van der Waals surface area contributed by atoms with E-state index in [1.807, 2.05) is 13.0 Å². The molecular formula is C11H13N3O2. The van der Waals surface area contributed by atoms with E-state index in [1.165, 1.54) is 0 Å². The van der Waals surface area contributed by atoms with Gasteiger partial charge in [0.15, 0.2) is 0 Å². The number of amides is 1. The van der Waals surface area contributed by atoms with Gasteiger partial charge in [0.25, 0.3) is 0 Å². The highest BCUT2D eigenvalue weighted by Gasteiger charge is 2.10. The summed E-state index contributed by atoms with van der Waals surface area (Å²) in [5.74, 6) is -0.0789. The maximum Gasteiger partial charge on any atom is 0.237 e. The molecule has 0 spiro atoms. The molecule has 0 saturated heterocycles. The van der Waals surface area contributed by atoms with Crippen molar-refractivity contribution >= 4 is 5.91 Å². The zero-order valence-corrected chi connectivity index (χ0v) is 8.93. The van der Waals surface area contributed by atoms with Crippen molar-refractivity contribution < 1.29 is 9.53 Å². The number of hydrogen-bond donors (Lipinski definition) is 2. The van der Waals surface area contributed by atoms with Gasteiger partial charge < -0.3 is 16.2 Å². The second-order valence-electron chi connectivity index (χ2n) is 3.41. The lowest BCUT2D eigenvalue weighted by molar-refractivity contribution is -0.119. The van der Waals surface area contributed by atoms with E-state index in [-0.39, 0.29) is 6.61 Å². The van der Waals surface area contributed by atoms with Crippen molar-refractivity contribution in [1.82, 2.24) is 0 Å². The first kappa shape index (κ1) is 12.0. The van der Waals surface area contributed by atoms with Gasteiger partial charge >= 0.3 is 0 Å². The number of aryl methyl sites for hydroxylation is 1. The first-order valence-electron chi connectivity index (χ1n) is 4.73. The zero-order chi connectivity index (χ0) is 12.1. The SMILES string of the molecule is Cc1ccc(C#N)cc1OCC(N)C(N)=O. The Kier molecular flexibility index (Phi) is 3.86. The smallest absolute Gasteiger partial charge is 0.237 e. The second kappa shape index (κ2) is 5.14. The Hall–Kier alpha value is -2.06. The minimum Gasteiger partial charge on any atom is -0.491 e. The van der Waals surface area contributed by atoms with Crippen LogP contribution >= 0.6 is 0 Å². The molecule has 1 unspecified atom stereocenters. The van der Waals surface area contributed by atoms with Gasteiger partial charge in [0.05, 0.1) is 11.6 Å². The molecule has 1 aromatic carbocycles. The Balaban J connectivity index is 2.74. The molecule has 4 N–H and O–H groups in total. The van der Waals surface area contributed by atoms with Crippen LogP contribution in [0, 0.1) is 18.3 Å². The average Bonchev–Trinajstić information content (AvgIpc) is 2.27. The standard InChI is InChI=1S/C11H13N3O2/c1-7-2-3-8(5-12)4-10(7)16-6-9(13)11(14)15/h2-4,9H,6,13H2,1H3,(H2,14,15). The summed E-state index contributed by atoms with van der Waals surface area (Å²) in [5.41, 5.74) is 11.8. The summed E-state index contributed by atoms with van der Waals surface area (Å²) in [4.78, 5) is 10.7. The third-order valence-corrected chi connectivity index (χ3v) is 2.10. The average molecular weight is 219 g/mol. The molecule has 1 amide bonds. The second-order valence-corrected chi connectivity index (χ2v) is 3.41. The van der Waals surface area contributed by atoms with Crippen molar-refractivity contribution in [2.24, 2.45) is 11.5 Å². The van der Waals surface area contributed by atoms with Crippen LogP contribution in [0.4, 0.5) is 0 Å². The van der Waals surface area contributed by atoms with Crippen molar-refractivity contribution in [3.8, 4) is 11.8 Å². The molecular weight excluding hydrogens is 206 g/mol. The maximum atomic E-state index is 10.7. The molecule has 0 aromatic heterocycles. The van der Waals surface area contributed by atoms with Crippen LogP contribution in [0.5, 0.6) is 5.75 Å². The summed E-state index contributed by atoms with van der Waals surface area (Å²) >= 11 is 0. The van der Waals surface area contributed by atoms with E-state index in [2.05, 4.69) is 0 Å². The van der Waals surface area contributed by atoms with Crippen molar-refractivity contribution in [2.45, 2.75) is 13.0 Å². The van der Waals surface area contributed by atoms with Gasteiger partial charge in [-0.05, 0) is 24.6 Å². The topological polar surface area (TPSA) is 102 Å². The van der Waals surface area contributed by atoms with Gasteiger partial charge in [0.1, 0.15) is 18.4 Å². The molecule has 0 fully saturated rings. The lowest BCUT2D eigenvalue weighted by Gasteiger charge is -2.12. The molecule has 0 aliphatic carbocycles. The quantitative estimate of drug-likeness (QED) is 0.747. The summed E-state index contributed by atoms with van der Waals surface area (Å²) in [6, 6.07) is 6.22. The maximum absolute atomic E-state index is 10.7. The number of nitriles is 1. The predicted octanol–water partition coefficient (Wildman–Crippen LogP) is 0.0581. The highest BCUT2D eigenvalue weighted by molar-refractivity contribution is 5.79. The molecule has 1 rings (SSSR count). The predicted molar refractivity (Wildman–Crippen MR) is 58.6 cm³/mol. The van der Waals surface area contributed by atoms with Crippen LogP contribution in [0.3, 0.4) is 0 Å². The fraction of sp³-hybridized carbons (Fsp3) is 0.273. The number of rotatable bonds is 4. The molecule has 5 heteroatoms. The van der Waals surface area contributed by atoms with Crippen LogP contribution in [0.1, 0.15) is 11.1 Å². The van der Waals surface area contributed by atoms with Gasteiger partial charge in [-0.2, -0.15) is 5.26 Å². The minimum atomic E-state index is -0.842. The molecule has 0 heterocycles. The van der Waals surface area contributed by atoms with Gasteiger partial charge in [-0.3, -0.25) is 4.79 Å². The van der Waals surface area contributed by atoms with Gasteiger partial charge in [-0.1, -0.05) is 6.07 Å². The lowest BCUT2D eigenvalue weighted by atomic mass is 10.1. The number of carbonyl (C=O) groups is 1. The number of ether oxygens (including phenoxy) is 1. The third-order valence-electron chi connectivity index (χ3n) is 2.10. The van der Waals surface area contributed by atoms with Crippen LogP contribution in [0.2, 0.25) is 0 Å². The summed E-state index contributed by atoms with van der Waals surface area (Å²) in [6.45, 7) is 1.84. The first-order chi connectivity index (χ1) is 7.54. The van der Waals surface area contributed by atoms with E-state index in [4.69, 9.17) is 21.5 Å². The Morgan fingerprint density at radius 3 is 2.88 bits per heavy atom. The molecule has 5 nitrogen and oxygen atoms in total. The van der Waals surface area contributed by atoms with Gasteiger partial charge in [-0.25, -0.2) is 0 Å². The summed E-state index contributed by atoms with van der Waals surface area (Å²) in [5, 5.41) is 8.71. The monoisotopic (exact) mass is 219 g/mol. The number of nitrogens with zero attached hydrogens (tertiary/aromatic N) is 1. The van der Waals surface area contributed by atoms with Crippen LogP contribution < -0.4 is 16.2 Å². The minimum absolute atomic E-state index is 0.00502. The highest BCUT2D eigenvalue weighted by Crippen LogP contribution is 2.19. The van der Waals surface area contributed by atoms with Crippen molar-refractivity contribution in [3.05, 3.63) is 29.3 Å². The lowest BCUT2D eigenvalue weighted by Crippen LogP contribution is -2.41. The van der Waals surface area contributed by atoms with Crippen molar-refractivity contribution in [1.29, 1.82) is 5.26 Å². The van der Waals surface area contributed by atoms with Gasteiger partial charge in [-0.15, -0.1) is 0 Å². The highest BCUT2D eigenvalue weighted by atomic mass is 16.5. The normalized spacial score (nSPS) is 11.6. The fourth-order valence-electron chi connectivity index (χ4n) is 1.09. The van der Waals surface area contributed by atoms with E-state index in [0.29, 0.717) is 11.3 Å². The molecule has 0 aliphatic rings. The largest absolute Gasteiger partial charge is 0.491 e. The van der Waals surface area contributed by atoms with E-state index < -0.39 is 11.9 Å². The van der Waals surface area contributed by atoms with E-state index in [0.717, 1.165) is 5.56 Å². The summed E-state index contributed by atoms with van der Waals surface area (Å²) < 4.78 is 5.33. The fourth-order valence-corrected chi connectivity index (χ4v) is 1.09. The molecule has 1 atom stereocenters. The molecule has 0 radical (unpaired) electrons. The first-order valence-corrected chi connectivity index (χ1v) is 4.73. The van der Waals surface area contributed by atoms with Crippen molar-refractivity contribution in [2.75, 3.05) is 6.61 Å². The van der Waals surface area contributed by atoms with E-state index >= 15 is 0 Å². The molecule has 0 aliphatic heterocycles. The molecule has 84 valence electrons. The van der Waals surface area contributed by atoms with E-state index in [9.17, 15) is 4.79 Å². The molecule has 1 aromatic rings. The molecule has 16 heavy (non-hydrogen) atoms.